The van der Waals surface area contributed by atoms with Gasteiger partial charge in [0.25, 0.3) is 0 Å². The Kier molecular flexibility index (Phi) is 7.60. The van der Waals surface area contributed by atoms with Gasteiger partial charge in [-0.15, -0.1) is 0 Å². The van der Waals surface area contributed by atoms with Crippen LogP contribution in [0.4, 0.5) is 5.69 Å². The number of aryl methyl sites for hydroxylation is 1. The Morgan fingerprint density at radius 1 is 0.824 bits per heavy atom. The topological polar surface area (TPSA) is 64.7 Å². The Balaban J connectivity index is 1.23. The van der Waals surface area contributed by atoms with Gasteiger partial charge in [-0.25, -0.2) is 0 Å². The Morgan fingerprint density at radius 3 is 2.18 bits per heavy atom. The molecule has 3 aromatic rings. The lowest BCUT2D eigenvalue weighted by molar-refractivity contribution is -0.124. The molecule has 1 heterocycles. The van der Waals surface area contributed by atoms with Gasteiger partial charge in [-0.1, -0.05) is 54.6 Å². The molecule has 3 aromatic carbocycles. The third kappa shape index (κ3) is 5.82. The number of fused-ring (bicyclic) bond motifs is 1. The summed E-state index contributed by atoms with van der Waals surface area (Å²) in [6, 6.07) is 20.3. The Morgan fingerprint density at radius 2 is 1.44 bits per heavy atom. The number of benzene rings is 3. The normalized spacial score (nSPS) is 15.7. The van der Waals surface area contributed by atoms with Crippen molar-refractivity contribution in [3.8, 4) is 0 Å². The molecule has 1 saturated heterocycles. The Bertz CT molecular complexity index is 1160. The van der Waals surface area contributed by atoms with Crippen molar-refractivity contribution < 1.29 is 9.59 Å². The van der Waals surface area contributed by atoms with Crippen LogP contribution in [0.2, 0.25) is 0 Å². The van der Waals surface area contributed by atoms with Crippen molar-refractivity contribution in [3.63, 3.8) is 0 Å². The molecule has 1 aliphatic rings. The van der Waals surface area contributed by atoms with E-state index in [4.69, 9.17) is 0 Å². The molecule has 0 saturated carbocycles. The van der Waals surface area contributed by atoms with Gasteiger partial charge in [-0.2, -0.15) is 0 Å². The predicted octanol–water partition coefficient (Wildman–Crippen LogP) is 3.89. The molecule has 6 nitrogen and oxygen atoms in total. The SMILES string of the molecule is Cc1cccc(NC(=O)CN2CCN(CC(=O)N[C@@H](C)c3cccc4ccccc34)CC2)c1C. The molecule has 0 spiro atoms. The summed E-state index contributed by atoms with van der Waals surface area (Å²) in [5.41, 5.74) is 4.27. The molecular formula is C28H34N4O2. The van der Waals surface area contributed by atoms with Gasteiger partial charge in [0.1, 0.15) is 0 Å². The van der Waals surface area contributed by atoms with E-state index in [-0.39, 0.29) is 17.9 Å². The maximum atomic E-state index is 12.7. The fraction of sp³-hybridized carbons (Fsp3) is 0.357. The summed E-state index contributed by atoms with van der Waals surface area (Å²) in [6.45, 7) is 9.92. The number of rotatable bonds is 7. The molecular weight excluding hydrogens is 424 g/mol. The maximum absolute atomic E-state index is 12.7. The van der Waals surface area contributed by atoms with Crippen LogP contribution in [0.3, 0.4) is 0 Å². The molecule has 2 N–H and O–H groups in total. The summed E-state index contributed by atoms with van der Waals surface area (Å²) in [6.07, 6.45) is 0. The van der Waals surface area contributed by atoms with Crippen molar-refractivity contribution in [2.45, 2.75) is 26.8 Å². The number of hydrogen-bond donors (Lipinski definition) is 2. The van der Waals surface area contributed by atoms with Gasteiger partial charge >= 0.3 is 0 Å². The fourth-order valence-electron chi connectivity index (χ4n) is 4.58. The van der Waals surface area contributed by atoms with Gasteiger partial charge in [0.15, 0.2) is 0 Å². The van der Waals surface area contributed by atoms with Crippen LogP contribution in [0, 0.1) is 13.8 Å². The molecule has 0 unspecified atom stereocenters. The standard InChI is InChI=1S/C28H34N4O2/c1-20-8-6-13-26(21(20)2)30-28(34)19-32-16-14-31(15-17-32)18-27(33)29-22(3)24-12-7-10-23-9-4-5-11-25(23)24/h4-13,22H,14-19H2,1-3H3,(H,29,33)(H,30,34)/t22-/m0/s1. The van der Waals surface area contributed by atoms with E-state index in [1.807, 2.05) is 57.2 Å². The van der Waals surface area contributed by atoms with Gasteiger partial charge in [0, 0.05) is 31.9 Å². The average molecular weight is 459 g/mol. The van der Waals surface area contributed by atoms with Crippen molar-refractivity contribution in [2.75, 3.05) is 44.6 Å². The van der Waals surface area contributed by atoms with Crippen LogP contribution < -0.4 is 10.6 Å². The third-order valence-electron chi connectivity index (χ3n) is 6.75. The van der Waals surface area contributed by atoms with E-state index < -0.39 is 0 Å². The van der Waals surface area contributed by atoms with Crippen LogP contribution in [0.25, 0.3) is 10.8 Å². The van der Waals surface area contributed by atoms with Crippen molar-refractivity contribution >= 4 is 28.3 Å². The molecule has 34 heavy (non-hydrogen) atoms. The largest absolute Gasteiger partial charge is 0.348 e. The van der Waals surface area contributed by atoms with Crippen LogP contribution >= 0.6 is 0 Å². The van der Waals surface area contributed by atoms with E-state index in [1.54, 1.807) is 0 Å². The highest BCUT2D eigenvalue weighted by atomic mass is 16.2. The zero-order chi connectivity index (χ0) is 24.1. The molecule has 4 rings (SSSR count). The van der Waals surface area contributed by atoms with E-state index in [0.717, 1.165) is 43.0 Å². The lowest BCUT2D eigenvalue weighted by atomic mass is 10.00. The van der Waals surface area contributed by atoms with Crippen LogP contribution in [0.5, 0.6) is 0 Å². The number of nitrogens with zero attached hydrogens (tertiary/aromatic N) is 2. The number of piperazine rings is 1. The molecule has 0 bridgehead atoms. The van der Waals surface area contributed by atoms with E-state index in [2.05, 4.69) is 44.7 Å². The van der Waals surface area contributed by atoms with Crippen molar-refractivity contribution in [2.24, 2.45) is 0 Å². The van der Waals surface area contributed by atoms with Crippen LogP contribution in [-0.4, -0.2) is 60.9 Å². The summed E-state index contributed by atoms with van der Waals surface area (Å²) in [5, 5.41) is 8.54. The lowest BCUT2D eigenvalue weighted by Crippen LogP contribution is -2.51. The number of anilines is 1. The van der Waals surface area contributed by atoms with Gasteiger partial charge in [-0.3, -0.25) is 19.4 Å². The summed E-state index contributed by atoms with van der Waals surface area (Å²) in [7, 11) is 0. The van der Waals surface area contributed by atoms with Gasteiger partial charge < -0.3 is 10.6 Å². The Hall–Kier alpha value is -3.22. The van der Waals surface area contributed by atoms with Crippen molar-refractivity contribution in [1.29, 1.82) is 0 Å². The van der Waals surface area contributed by atoms with E-state index in [1.165, 1.54) is 16.3 Å². The first-order valence-electron chi connectivity index (χ1n) is 12.0. The number of carbonyl (C=O) groups is 2. The first kappa shape index (κ1) is 23.9. The second-order valence-corrected chi connectivity index (χ2v) is 9.21. The summed E-state index contributed by atoms with van der Waals surface area (Å²) in [4.78, 5) is 29.5. The number of amides is 2. The quantitative estimate of drug-likeness (QED) is 0.564. The number of carbonyl (C=O) groups excluding carboxylic acids is 2. The fourth-order valence-corrected chi connectivity index (χ4v) is 4.58. The molecule has 0 aromatic heterocycles. The first-order chi connectivity index (χ1) is 16.4. The minimum Gasteiger partial charge on any atom is -0.348 e. The van der Waals surface area contributed by atoms with Gasteiger partial charge in [-0.05, 0) is 54.3 Å². The van der Waals surface area contributed by atoms with Crippen molar-refractivity contribution in [3.05, 3.63) is 77.4 Å². The minimum absolute atomic E-state index is 0.00352. The summed E-state index contributed by atoms with van der Waals surface area (Å²) in [5.74, 6) is 0.0327. The lowest BCUT2D eigenvalue weighted by Gasteiger charge is -2.34. The number of hydrogen-bond acceptors (Lipinski definition) is 4. The van der Waals surface area contributed by atoms with Crippen LogP contribution in [0.15, 0.2) is 60.7 Å². The van der Waals surface area contributed by atoms with E-state index in [0.29, 0.717) is 13.1 Å². The highest BCUT2D eigenvalue weighted by Crippen LogP contribution is 2.24. The predicted molar refractivity (Wildman–Crippen MR) is 138 cm³/mol. The van der Waals surface area contributed by atoms with E-state index >= 15 is 0 Å². The molecule has 1 atom stereocenters. The zero-order valence-corrected chi connectivity index (χ0v) is 20.3. The van der Waals surface area contributed by atoms with Crippen LogP contribution in [0.1, 0.15) is 29.7 Å². The highest BCUT2D eigenvalue weighted by Gasteiger charge is 2.22. The molecule has 2 amide bonds. The molecule has 0 aliphatic carbocycles. The molecule has 1 aliphatic heterocycles. The first-order valence-corrected chi connectivity index (χ1v) is 12.0. The smallest absolute Gasteiger partial charge is 0.238 e. The third-order valence-corrected chi connectivity index (χ3v) is 6.75. The second kappa shape index (κ2) is 10.8. The molecule has 1 fully saturated rings. The van der Waals surface area contributed by atoms with Crippen LogP contribution in [-0.2, 0) is 9.59 Å². The van der Waals surface area contributed by atoms with E-state index in [9.17, 15) is 9.59 Å². The number of nitrogens with one attached hydrogen (secondary N) is 2. The summed E-state index contributed by atoms with van der Waals surface area (Å²) >= 11 is 0. The maximum Gasteiger partial charge on any atom is 0.238 e. The zero-order valence-electron chi connectivity index (χ0n) is 20.3. The second-order valence-electron chi connectivity index (χ2n) is 9.21. The van der Waals surface area contributed by atoms with Crippen molar-refractivity contribution in [1.82, 2.24) is 15.1 Å². The molecule has 0 radical (unpaired) electrons. The summed E-state index contributed by atoms with van der Waals surface area (Å²) < 4.78 is 0. The monoisotopic (exact) mass is 458 g/mol. The average Bonchev–Trinajstić information content (AvgIpc) is 2.83. The molecule has 6 heteroatoms. The van der Waals surface area contributed by atoms with Gasteiger partial charge in [0.2, 0.25) is 11.8 Å². The molecule has 178 valence electrons. The Labute approximate surface area is 201 Å². The minimum atomic E-state index is -0.0614. The van der Waals surface area contributed by atoms with Gasteiger partial charge in [0.05, 0.1) is 19.1 Å². The highest BCUT2D eigenvalue weighted by molar-refractivity contribution is 5.93.